The molecule has 2 N–H and O–H groups in total. The van der Waals surface area contributed by atoms with Crippen LogP contribution in [-0.4, -0.2) is 34.8 Å². The van der Waals surface area contributed by atoms with Crippen LogP contribution in [0.2, 0.25) is 0 Å². The summed E-state index contributed by atoms with van der Waals surface area (Å²) in [6.45, 7) is 2.79. The van der Waals surface area contributed by atoms with E-state index in [4.69, 9.17) is 5.73 Å². The minimum absolute atomic E-state index is 0.0849. The van der Waals surface area contributed by atoms with Gasteiger partial charge in [-0.2, -0.15) is 0 Å². The van der Waals surface area contributed by atoms with Gasteiger partial charge >= 0.3 is 0 Å². The van der Waals surface area contributed by atoms with Crippen LogP contribution >= 0.6 is 0 Å². The van der Waals surface area contributed by atoms with E-state index >= 15 is 0 Å². The molecule has 1 aliphatic rings. The molecule has 1 aromatic heterocycles. The molecule has 0 bridgehead atoms. The third kappa shape index (κ3) is 3.08. The first-order valence-corrected chi connectivity index (χ1v) is 7.68. The first-order chi connectivity index (χ1) is 11.1. The number of hydrogen-bond acceptors (Lipinski definition) is 3. The number of rotatable bonds is 3. The Morgan fingerprint density at radius 1 is 1.17 bits per heavy atom. The molecule has 23 heavy (non-hydrogen) atoms. The molecule has 1 saturated heterocycles. The molecule has 1 aliphatic heterocycles. The van der Waals surface area contributed by atoms with Gasteiger partial charge in [0, 0.05) is 18.7 Å². The molecule has 2 aromatic rings. The van der Waals surface area contributed by atoms with Crippen molar-refractivity contribution < 1.29 is 9.59 Å². The fraction of sp³-hybridized carbons (Fsp3) is 0.278. The molecule has 1 fully saturated rings. The number of carbonyl (C=O) groups excluding carboxylic acids is 2. The largest absolute Gasteiger partial charge is 0.369 e. The lowest BCUT2D eigenvalue weighted by Crippen LogP contribution is -2.32. The SMILES string of the molecule is Cc1nc(-c2ccccc2)ccc1C(=O)N1CC[C@H](C(N)=O)C1. The van der Waals surface area contributed by atoms with Crippen LogP contribution in [0, 0.1) is 12.8 Å². The van der Waals surface area contributed by atoms with E-state index in [1.807, 2.05) is 49.4 Å². The van der Waals surface area contributed by atoms with E-state index in [0.717, 1.165) is 11.3 Å². The van der Waals surface area contributed by atoms with Gasteiger partial charge in [-0.15, -0.1) is 0 Å². The minimum Gasteiger partial charge on any atom is -0.369 e. The lowest BCUT2D eigenvalue weighted by molar-refractivity contribution is -0.121. The fourth-order valence-electron chi connectivity index (χ4n) is 2.90. The molecule has 0 unspecified atom stereocenters. The van der Waals surface area contributed by atoms with E-state index in [-0.39, 0.29) is 17.7 Å². The average Bonchev–Trinajstić information content (AvgIpc) is 3.05. The summed E-state index contributed by atoms with van der Waals surface area (Å²) in [5, 5.41) is 0. The predicted octanol–water partition coefficient (Wildman–Crippen LogP) is 2.00. The molecule has 0 radical (unpaired) electrons. The number of aromatic nitrogens is 1. The summed E-state index contributed by atoms with van der Waals surface area (Å²) in [7, 11) is 0. The number of hydrogen-bond donors (Lipinski definition) is 1. The van der Waals surface area contributed by atoms with Crippen molar-refractivity contribution in [3.63, 3.8) is 0 Å². The molecule has 0 spiro atoms. The van der Waals surface area contributed by atoms with Crippen LogP contribution in [0.15, 0.2) is 42.5 Å². The van der Waals surface area contributed by atoms with Crippen molar-refractivity contribution in [1.82, 2.24) is 9.88 Å². The maximum absolute atomic E-state index is 12.6. The molecule has 0 aliphatic carbocycles. The summed E-state index contributed by atoms with van der Waals surface area (Å²) < 4.78 is 0. The smallest absolute Gasteiger partial charge is 0.255 e. The number of aryl methyl sites for hydroxylation is 1. The summed E-state index contributed by atoms with van der Waals surface area (Å²) in [5.41, 5.74) is 8.46. The van der Waals surface area contributed by atoms with Crippen molar-refractivity contribution >= 4 is 11.8 Å². The third-order valence-electron chi connectivity index (χ3n) is 4.26. The maximum Gasteiger partial charge on any atom is 0.255 e. The van der Waals surface area contributed by atoms with Gasteiger partial charge in [0.1, 0.15) is 0 Å². The second-order valence-corrected chi connectivity index (χ2v) is 5.83. The van der Waals surface area contributed by atoms with Gasteiger partial charge in [-0.3, -0.25) is 14.6 Å². The van der Waals surface area contributed by atoms with Gasteiger partial charge in [-0.05, 0) is 25.5 Å². The standard InChI is InChI=1S/C18H19N3O2/c1-12-15(18(23)21-10-9-14(11-21)17(19)22)7-8-16(20-12)13-5-3-2-4-6-13/h2-8,14H,9-11H2,1H3,(H2,19,22)/t14-/m0/s1. The van der Waals surface area contributed by atoms with Crippen LogP contribution in [0.4, 0.5) is 0 Å². The van der Waals surface area contributed by atoms with Crippen LogP contribution in [0.3, 0.4) is 0 Å². The van der Waals surface area contributed by atoms with Gasteiger partial charge in [0.2, 0.25) is 5.91 Å². The molecule has 2 heterocycles. The quantitative estimate of drug-likeness (QED) is 0.942. The number of nitrogens with zero attached hydrogens (tertiary/aromatic N) is 2. The first kappa shape index (κ1) is 15.2. The maximum atomic E-state index is 12.6. The summed E-state index contributed by atoms with van der Waals surface area (Å²) >= 11 is 0. The zero-order valence-electron chi connectivity index (χ0n) is 13.0. The van der Waals surface area contributed by atoms with Gasteiger partial charge in [-0.25, -0.2) is 0 Å². The molecule has 118 valence electrons. The predicted molar refractivity (Wildman–Crippen MR) is 87.6 cm³/mol. The van der Waals surface area contributed by atoms with Crippen LogP contribution in [0.5, 0.6) is 0 Å². The zero-order chi connectivity index (χ0) is 16.4. The van der Waals surface area contributed by atoms with Crippen LogP contribution in [-0.2, 0) is 4.79 Å². The van der Waals surface area contributed by atoms with E-state index < -0.39 is 0 Å². The number of primary amides is 1. The van der Waals surface area contributed by atoms with Crippen LogP contribution in [0.1, 0.15) is 22.5 Å². The van der Waals surface area contributed by atoms with Crippen LogP contribution in [0.25, 0.3) is 11.3 Å². The number of pyridine rings is 1. The Hall–Kier alpha value is -2.69. The molecule has 1 atom stereocenters. The van der Waals surface area contributed by atoms with Crippen molar-refractivity contribution in [3.05, 3.63) is 53.7 Å². The van der Waals surface area contributed by atoms with Gasteiger partial charge in [-0.1, -0.05) is 30.3 Å². The van der Waals surface area contributed by atoms with E-state index in [1.54, 1.807) is 4.90 Å². The zero-order valence-corrected chi connectivity index (χ0v) is 13.0. The highest BCUT2D eigenvalue weighted by Gasteiger charge is 2.30. The second-order valence-electron chi connectivity index (χ2n) is 5.83. The number of benzene rings is 1. The van der Waals surface area contributed by atoms with E-state index in [2.05, 4.69) is 4.98 Å². The van der Waals surface area contributed by atoms with Crippen molar-refractivity contribution in [2.45, 2.75) is 13.3 Å². The number of nitrogens with two attached hydrogens (primary N) is 1. The highest BCUT2D eigenvalue weighted by Crippen LogP contribution is 2.22. The lowest BCUT2D eigenvalue weighted by atomic mass is 10.1. The second kappa shape index (κ2) is 6.20. The molecule has 5 heteroatoms. The normalized spacial score (nSPS) is 17.3. The van der Waals surface area contributed by atoms with Gasteiger partial charge < -0.3 is 10.6 Å². The molecular formula is C18H19N3O2. The summed E-state index contributed by atoms with van der Waals surface area (Å²) in [6.07, 6.45) is 0.635. The van der Waals surface area contributed by atoms with Gasteiger partial charge in [0.15, 0.2) is 0 Å². The van der Waals surface area contributed by atoms with Crippen molar-refractivity contribution in [1.29, 1.82) is 0 Å². The number of amides is 2. The molecule has 0 saturated carbocycles. The van der Waals surface area contributed by atoms with Crippen molar-refractivity contribution in [3.8, 4) is 11.3 Å². The third-order valence-corrected chi connectivity index (χ3v) is 4.26. The fourth-order valence-corrected chi connectivity index (χ4v) is 2.90. The molecule has 2 amide bonds. The lowest BCUT2D eigenvalue weighted by Gasteiger charge is -2.17. The monoisotopic (exact) mass is 309 g/mol. The topological polar surface area (TPSA) is 76.3 Å². The Labute approximate surface area is 135 Å². The van der Waals surface area contributed by atoms with Crippen molar-refractivity contribution in [2.75, 3.05) is 13.1 Å². The Bertz CT molecular complexity index is 743. The Morgan fingerprint density at radius 2 is 1.91 bits per heavy atom. The first-order valence-electron chi connectivity index (χ1n) is 7.68. The number of carbonyl (C=O) groups is 2. The summed E-state index contributed by atoms with van der Waals surface area (Å²) in [6, 6.07) is 13.5. The average molecular weight is 309 g/mol. The minimum atomic E-state index is -0.338. The Morgan fingerprint density at radius 3 is 2.52 bits per heavy atom. The summed E-state index contributed by atoms with van der Waals surface area (Å²) in [4.78, 5) is 30.1. The molecule has 3 rings (SSSR count). The molecular weight excluding hydrogens is 290 g/mol. The van der Waals surface area contributed by atoms with Crippen LogP contribution < -0.4 is 5.73 Å². The van der Waals surface area contributed by atoms with Crippen molar-refractivity contribution in [2.24, 2.45) is 11.7 Å². The molecule has 1 aromatic carbocycles. The van der Waals surface area contributed by atoms with E-state index in [0.29, 0.717) is 30.8 Å². The van der Waals surface area contributed by atoms with E-state index in [1.165, 1.54) is 0 Å². The Kier molecular flexibility index (Phi) is 4.10. The highest BCUT2D eigenvalue weighted by atomic mass is 16.2. The van der Waals surface area contributed by atoms with Gasteiger partial charge in [0.25, 0.3) is 5.91 Å². The van der Waals surface area contributed by atoms with E-state index in [9.17, 15) is 9.59 Å². The van der Waals surface area contributed by atoms with Gasteiger partial charge in [0.05, 0.1) is 22.9 Å². The summed E-state index contributed by atoms with van der Waals surface area (Å²) in [5.74, 6) is -0.663. The number of likely N-dealkylation sites (tertiary alicyclic amines) is 1. The Balaban J connectivity index is 1.81. The molecule has 5 nitrogen and oxygen atoms in total. The highest BCUT2D eigenvalue weighted by molar-refractivity contribution is 5.96.